The van der Waals surface area contributed by atoms with Crippen LogP contribution >= 0.6 is 0 Å². The van der Waals surface area contributed by atoms with Gasteiger partial charge in [-0.05, 0) is 38.2 Å². The van der Waals surface area contributed by atoms with E-state index in [0.29, 0.717) is 25.5 Å². The van der Waals surface area contributed by atoms with Gasteiger partial charge in [0.15, 0.2) is 0 Å². The number of hydrogen-bond acceptors (Lipinski definition) is 4. The lowest BCUT2D eigenvalue weighted by Gasteiger charge is -2.32. The van der Waals surface area contributed by atoms with E-state index >= 15 is 0 Å². The molecule has 1 aromatic carbocycles. The third-order valence-corrected chi connectivity index (χ3v) is 6.04. The second-order valence-electron chi connectivity index (χ2n) is 8.74. The average Bonchev–Trinajstić information content (AvgIpc) is 2.77. The van der Waals surface area contributed by atoms with Crippen LogP contribution < -0.4 is 5.32 Å². The number of nitrogens with zero attached hydrogens (tertiary/aromatic N) is 1. The van der Waals surface area contributed by atoms with Gasteiger partial charge in [0.2, 0.25) is 5.91 Å². The molecule has 0 atom stereocenters. The number of unbranched alkanes of at least 4 members (excludes halogenated alkanes) is 7. The Morgan fingerprint density at radius 3 is 2.10 bits per heavy atom. The topological polar surface area (TPSA) is 58.6 Å². The predicted molar refractivity (Wildman–Crippen MR) is 126 cm³/mol. The molecule has 0 aliphatic carbocycles. The van der Waals surface area contributed by atoms with Crippen molar-refractivity contribution in [2.24, 2.45) is 0 Å². The van der Waals surface area contributed by atoms with E-state index in [4.69, 9.17) is 4.74 Å². The van der Waals surface area contributed by atoms with E-state index in [0.717, 1.165) is 58.2 Å². The first-order chi connectivity index (χ1) is 15.2. The van der Waals surface area contributed by atoms with Gasteiger partial charge < -0.3 is 10.1 Å². The number of rotatable bonds is 15. The van der Waals surface area contributed by atoms with Crippen LogP contribution in [0.1, 0.15) is 89.5 Å². The Balaban J connectivity index is 1.40. The summed E-state index contributed by atoms with van der Waals surface area (Å²) in [5.74, 6) is 0.152. The quantitative estimate of drug-likeness (QED) is 0.306. The van der Waals surface area contributed by atoms with Crippen LogP contribution in [0.15, 0.2) is 30.3 Å². The number of likely N-dealkylation sites (tertiary alicyclic amines) is 1. The molecule has 0 aromatic heterocycles. The van der Waals surface area contributed by atoms with E-state index in [9.17, 15) is 9.59 Å². The van der Waals surface area contributed by atoms with E-state index in [2.05, 4.69) is 40.5 Å². The molecule has 1 N–H and O–H groups in total. The van der Waals surface area contributed by atoms with E-state index in [1.165, 1.54) is 31.2 Å². The lowest BCUT2D eigenvalue weighted by Crippen LogP contribution is -2.44. The summed E-state index contributed by atoms with van der Waals surface area (Å²) in [5, 5.41) is 3.24. The van der Waals surface area contributed by atoms with Crippen molar-refractivity contribution in [1.82, 2.24) is 10.2 Å². The third-order valence-electron chi connectivity index (χ3n) is 6.04. The summed E-state index contributed by atoms with van der Waals surface area (Å²) < 4.78 is 4.93. The Morgan fingerprint density at radius 2 is 1.48 bits per heavy atom. The van der Waals surface area contributed by atoms with E-state index in [1.54, 1.807) is 0 Å². The van der Waals surface area contributed by atoms with Crippen molar-refractivity contribution >= 4 is 11.9 Å². The first-order valence-electron chi connectivity index (χ1n) is 12.4. The van der Waals surface area contributed by atoms with Crippen molar-refractivity contribution in [2.45, 2.75) is 96.6 Å². The Bertz CT molecular complexity index is 612. The normalized spacial score (nSPS) is 15.0. The molecule has 0 saturated carbocycles. The van der Waals surface area contributed by atoms with Gasteiger partial charge >= 0.3 is 5.97 Å². The number of benzene rings is 1. The maximum Gasteiger partial charge on any atom is 0.305 e. The van der Waals surface area contributed by atoms with Crippen LogP contribution in [0.4, 0.5) is 0 Å². The van der Waals surface area contributed by atoms with Crippen molar-refractivity contribution in [3.05, 3.63) is 35.9 Å². The van der Waals surface area contributed by atoms with Gasteiger partial charge in [0.1, 0.15) is 0 Å². The lowest BCUT2D eigenvalue weighted by atomic mass is 10.0. The van der Waals surface area contributed by atoms with Crippen LogP contribution in [0.5, 0.6) is 0 Å². The maximum atomic E-state index is 12.2. The molecule has 1 amide bonds. The smallest absolute Gasteiger partial charge is 0.305 e. The molecule has 1 fully saturated rings. The van der Waals surface area contributed by atoms with Crippen LogP contribution in [0.2, 0.25) is 0 Å². The molecule has 1 saturated heterocycles. The molecule has 1 aliphatic heterocycles. The van der Waals surface area contributed by atoms with Crippen molar-refractivity contribution in [3.63, 3.8) is 0 Å². The second kappa shape index (κ2) is 15.9. The van der Waals surface area contributed by atoms with Crippen molar-refractivity contribution < 1.29 is 14.3 Å². The number of carbonyl (C=O) groups excluding carboxylic acids is 2. The summed E-state index contributed by atoms with van der Waals surface area (Å²) in [6.07, 6.45) is 12.3. The largest absolute Gasteiger partial charge is 0.466 e. The van der Waals surface area contributed by atoms with Crippen LogP contribution in [0, 0.1) is 0 Å². The number of esters is 1. The fraction of sp³-hybridized carbons (Fsp3) is 0.692. The highest BCUT2D eigenvalue weighted by molar-refractivity contribution is 5.76. The summed E-state index contributed by atoms with van der Waals surface area (Å²) in [6, 6.07) is 10.9. The number of ether oxygens (including phenoxy) is 1. The van der Waals surface area contributed by atoms with Gasteiger partial charge in [0.05, 0.1) is 6.61 Å². The minimum Gasteiger partial charge on any atom is -0.466 e. The highest BCUT2D eigenvalue weighted by Crippen LogP contribution is 2.15. The Morgan fingerprint density at radius 1 is 0.903 bits per heavy atom. The van der Waals surface area contributed by atoms with Gasteiger partial charge in [-0.1, -0.05) is 68.9 Å². The van der Waals surface area contributed by atoms with E-state index in [1.807, 2.05) is 6.92 Å². The summed E-state index contributed by atoms with van der Waals surface area (Å²) in [7, 11) is 0. The molecular weight excluding hydrogens is 388 g/mol. The van der Waals surface area contributed by atoms with Gasteiger partial charge in [0.25, 0.3) is 0 Å². The SMILES string of the molecule is CCOC(=O)CCCCCCCCCCC(=O)NC1CCN(Cc2ccccc2)CC1. The summed E-state index contributed by atoms with van der Waals surface area (Å²) >= 11 is 0. The molecule has 1 heterocycles. The van der Waals surface area contributed by atoms with Gasteiger partial charge in [-0.15, -0.1) is 0 Å². The molecule has 1 aromatic rings. The molecule has 0 bridgehead atoms. The molecule has 5 heteroatoms. The average molecular weight is 431 g/mol. The van der Waals surface area contributed by atoms with Gasteiger partial charge in [0, 0.05) is 38.5 Å². The molecule has 174 valence electrons. The van der Waals surface area contributed by atoms with Crippen molar-refractivity contribution in [2.75, 3.05) is 19.7 Å². The molecule has 0 spiro atoms. The molecule has 31 heavy (non-hydrogen) atoms. The molecule has 0 radical (unpaired) electrons. The van der Waals surface area contributed by atoms with Crippen LogP contribution in [0.25, 0.3) is 0 Å². The highest BCUT2D eigenvalue weighted by atomic mass is 16.5. The van der Waals surface area contributed by atoms with Crippen LogP contribution in [-0.2, 0) is 20.9 Å². The summed E-state index contributed by atoms with van der Waals surface area (Å²) in [4.78, 5) is 26.0. The second-order valence-corrected chi connectivity index (χ2v) is 8.74. The number of hydrogen-bond donors (Lipinski definition) is 1. The predicted octanol–water partition coefficient (Wildman–Crippen LogP) is 5.23. The summed E-state index contributed by atoms with van der Waals surface area (Å²) in [6.45, 7) is 5.44. The Kier molecular flexibility index (Phi) is 13.0. The summed E-state index contributed by atoms with van der Waals surface area (Å²) in [5.41, 5.74) is 1.36. The zero-order valence-electron chi connectivity index (χ0n) is 19.4. The molecule has 5 nitrogen and oxygen atoms in total. The fourth-order valence-electron chi connectivity index (χ4n) is 4.23. The number of nitrogens with one attached hydrogen (secondary N) is 1. The fourth-order valence-corrected chi connectivity index (χ4v) is 4.23. The van der Waals surface area contributed by atoms with Gasteiger partial charge in [-0.3, -0.25) is 14.5 Å². The van der Waals surface area contributed by atoms with E-state index < -0.39 is 0 Å². The van der Waals surface area contributed by atoms with Gasteiger partial charge in [-0.2, -0.15) is 0 Å². The minimum absolute atomic E-state index is 0.0708. The first-order valence-corrected chi connectivity index (χ1v) is 12.4. The monoisotopic (exact) mass is 430 g/mol. The lowest BCUT2D eigenvalue weighted by molar-refractivity contribution is -0.143. The minimum atomic E-state index is -0.0708. The Hall–Kier alpha value is -1.88. The first kappa shape index (κ1) is 25.4. The third kappa shape index (κ3) is 11.9. The van der Waals surface area contributed by atoms with Crippen molar-refractivity contribution in [3.8, 4) is 0 Å². The number of amides is 1. The number of piperidine rings is 1. The van der Waals surface area contributed by atoms with Crippen LogP contribution in [-0.4, -0.2) is 42.5 Å². The van der Waals surface area contributed by atoms with Gasteiger partial charge in [-0.25, -0.2) is 0 Å². The zero-order chi connectivity index (χ0) is 22.2. The van der Waals surface area contributed by atoms with Crippen molar-refractivity contribution in [1.29, 1.82) is 0 Å². The molecule has 2 rings (SSSR count). The maximum absolute atomic E-state index is 12.2. The number of carbonyl (C=O) groups is 2. The zero-order valence-corrected chi connectivity index (χ0v) is 19.4. The molecule has 0 unspecified atom stereocenters. The standard InChI is InChI=1S/C26H42N2O3/c1-2-31-26(30)17-13-8-6-4-3-5-7-12-16-25(29)27-24-18-20-28(21-19-24)22-23-14-10-9-11-15-23/h9-11,14-15,24H,2-8,12-13,16-22H2,1H3,(H,27,29). The molecular formula is C26H42N2O3. The Labute approximate surface area is 188 Å². The highest BCUT2D eigenvalue weighted by Gasteiger charge is 2.20. The van der Waals surface area contributed by atoms with E-state index in [-0.39, 0.29) is 11.9 Å². The molecule has 1 aliphatic rings. The van der Waals surface area contributed by atoms with Crippen LogP contribution in [0.3, 0.4) is 0 Å².